The minimum absolute atomic E-state index is 0.124. The maximum absolute atomic E-state index is 12.0. The summed E-state index contributed by atoms with van der Waals surface area (Å²) in [5.74, 6) is -0.978. The van der Waals surface area contributed by atoms with Gasteiger partial charge in [-0.25, -0.2) is 0 Å². The first-order valence-electron chi connectivity index (χ1n) is 6.42. The quantitative estimate of drug-likeness (QED) is 0.835. The standard InChI is InChI=1S/C13H19N3O3/c1-9-10(7-15-16(9)2)12(19)14-8-13(4-3-5-13)6-11(17)18/h7H,3-6,8H2,1-2H3,(H,14,19)(H,17,18). The second-order valence-electron chi connectivity index (χ2n) is 5.37. The highest BCUT2D eigenvalue weighted by Gasteiger charge is 2.39. The second-order valence-corrected chi connectivity index (χ2v) is 5.37. The van der Waals surface area contributed by atoms with Crippen molar-refractivity contribution in [3.05, 3.63) is 17.5 Å². The average molecular weight is 265 g/mol. The molecule has 2 rings (SSSR count). The summed E-state index contributed by atoms with van der Waals surface area (Å²) in [7, 11) is 1.78. The van der Waals surface area contributed by atoms with Crippen LogP contribution >= 0.6 is 0 Å². The molecule has 2 N–H and O–H groups in total. The average Bonchev–Trinajstić information content (AvgIpc) is 2.62. The number of nitrogens with one attached hydrogen (secondary N) is 1. The number of carbonyl (C=O) groups is 2. The Hall–Kier alpha value is -1.85. The third-order valence-corrected chi connectivity index (χ3v) is 4.04. The highest BCUT2D eigenvalue weighted by Crippen LogP contribution is 2.43. The molecule has 0 spiro atoms. The van der Waals surface area contributed by atoms with Crippen LogP contribution in [0.25, 0.3) is 0 Å². The predicted octanol–water partition coefficient (Wildman–Crippen LogP) is 1.10. The van der Waals surface area contributed by atoms with Gasteiger partial charge in [0.15, 0.2) is 0 Å². The van der Waals surface area contributed by atoms with Gasteiger partial charge in [0.2, 0.25) is 0 Å². The van der Waals surface area contributed by atoms with E-state index >= 15 is 0 Å². The first-order chi connectivity index (χ1) is 8.93. The van der Waals surface area contributed by atoms with E-state index < -0.39 is 5.97 Å². The van der Waals surface area contributed by atoms with Crippen LogP contribution in [0.15, 0.2) is 6.20 Å². The minimum Gasteiger partial charge on any atom is -0.481 e. The summed E-state index contributed by atoms with van der Waals surface area (Å²) in [6.45, 7) is 2.25. The Kier molecular flexibility index (Phi) is 3.59. The van der Waals surface area contributed by atoms with Gasteiger partial charge in [-0.3, -0.25) is 14.3 Å². The van der Waals surface area contributed by atoms with Crippen molar-refractivity contribution in [1.29, 1.82) is 0 Å². The zero-order valence-electron chi connectivity index (χ0n) is 11.3. The van der Waals surface area contributed by atoms with Crippen molar-refractivity contribution in [3.63, 3.8) is 0 Å². The van der Waals surface area contributed by atoms with Crippen LogP contribution in [0.3, 0.4) is 0 Å². The van der Waals surface area contributed by atoms with Crippen LogP contribution in [0.5, 0.6) is 0 Å². The highest BCUT2D eigenvalue weighted by molar-refractivity contribution is 5.95. The number of aromatic nitrogens is 2. The van der Waals surface area contributed by atoms with Crippen LogP contribution < -0.4 is 5.32 Å². The number of aryl methyl sites for hydroxylation is 1. The molecule has 0 atom stereocenters. The van der Waals surface area contributed by atoms with E-state index in [1.807, 2.05) is 6.92 Å². The summed E-state index contributed by atoms with van der Waals surface area (Å²) < 4.78 is 1.64. The fourth-order valence-corrected chi connectivity index (χ4v) is 2.50. The van der Waals surface area contributed by atoms with Crippen LogP contribution in [0.1, 0.15) is 41.7 Å². The number of carboxylic acid groups (broad SMARTS) is 1. The molecule has 1 fully saturated rings. The van der Waals surface area contributed by atoms with E-state index in [2.05, 4.69) is 10.4 Å². The SMILES string of the molecule is Cc1c(C(=O)NCC2(CC(=O)O)CCC2)cnn1C. The van der Waals surface area contributed by atoms with Gasteiger partial charge in [-0.05, 0) is 25.2 Å². The molecular weight excluding hydrogens is 246 g/mol. The molecule has 0 aromatic carbocycles. The molecule has 1 aromatic rings. The molecule has 19 heavy (non-hydrogen) atoms. The summed E-state index contributed by atoms with van der Waals surface area (Å²) >= 11 is 0. The summed E-state index contributed by atoms with van der Waals surface area (Å²) in [4.78, 5) is 22.9. The van der Waals surface area contributed by atoms with Crippen molar-refractivity contribution >= 4 is 11.9 Å². The van der Waals surface area contributed by atoms with Crippen LogP contribution in [0.4, 0.5) is 0 Å². The molecule has 104 valence electrons. The third-order valence-electron chi connectivity index (χ3n) is 4.04. The summed E-state index contributed by atoms with van der Waals surface area (Å²) in [5.41, 5.74) is 1.10. The largest absolute Gasteiger partial charge is 0.481 e. The van der Waals surface area contributed by atoms with Gasteiger partial charge in [0, 0.05) is 19.3 Å². The van der Waals surface area contributed by atoms with Gasteiger partial charge in [0.05, 0.1) is 18.2 Å². The van der Waals surface area contributed by atoms with Gasteiger partial charge in [-0.1, -0.05) is 6.42 Å². The molecule has 6 nitrogen and oxygen atoms in total. The first kappa shape index (κ1) is 13.6. The second kappa shape index (κ2) is 5.03. The monoisotopic (exact) mass is 265 g/mol. The molecule has 1 aliphatic carbocycles. The lowest BCUT2D eigenvalue weighted by Crippen LogP contribution is -2.43. The summed E-state index contributed by atoms with van der Waals surface area (Å²) in [6, 6.07) is 0. The van der Waals surface area contributed by atoms with E-state index in [0.29, 0.717) is 12.1 Å². The number of carbonyl (C=O) groups excluding carboxylic acids is 1. The highest BCUT2D eigenvalue weighted by atomic mass is 16.4. The van der Waals surface area contributed by atoms with Crippen molar-refractivity contribution in [1.82, 2.24) is 15.1 Å². The molecule has 1 saturated carbocycles. The van der Waals surface area contributed by atoms with Gasteiger partial charge < -0.3 is 10.4 Å². The molecule has 1 aromatic heterocycles. The fourth-order valence-electron chi connectivity index (χ4n) is 2.50. The van der Waals surface area contributed by atoms with Gasteiger partial charge in [0.1, 0.15) is 0 Å². The number of hydrogen-bond donors (Lipinski definition) is 2. The summed E-state index contributed by atoms with van der Waals surface area (Å²) in [5, 5.41) is 15.8. The zero-order chi connectivity index (χ0) is 14.0. The van der Waals surface area contributed by atoms with Crippen molar-refractivity contribution in [3.8, 4) is 0 Å². The van der Waals surface area contributed by atoms with E-state index in [4.69, 9.17) is 5.11 Å². The molecular formula is C13H19N3O3. The number of amides is 1. The number of carboxylic acids is 1. The van der Waals surface area contributed by atoms with Gasteiger partial charge in [-0.15, -0.1) is 0 Å². The molecule has 1 heterocycles. The third kappa shape index (κ3) is 2.77. The normalized spacial score (nSPS) is 16.7. The number of aliphatic carboxylic acids is 1. The molecule has 6 heteroatoms. The van der Waals surface area contributed by atoms with Gasteiger partial charge in [-0.2, -0.15) is 5.10 Å². The van der Waals surface area contributed by atoms with Crippen LogP contribution in [-0.4, -0.2) is 33.3 Å². The fraction of sp³-hybridized carbons (Fsp3) is 0.615. The lowest BCUT2D eigenvalue weighted by atomic mass is 9.66. The smallest absolute Gasteiger partial charge is 0.303 e. The van der Waals surface area contributed by atoms with Crippen LogP contribution in [-0.2, 0) is 11.8 Å². The molecule has 0 saturated heterocycles. The number of nitrogens with zero attached hydrogens (tertiary/aromatic N) is 2. The number of hydrogen-bond acceptors (Lipinski definition) is 3. The van der Waals surface area contributed by atoms with Crippen LogP contribution in [0, 0.1) is 12.3 Å². The topological polar surface area (TPSA) is 84.2 Å². The van der Waals surface area contributed by atoms with Crippen molar-refractivity contribution in [2.45, 2.75) is 32.6 Å². The van der Waals surface area contributed by atoms with E-state index in [9.17, 15) is 9.59 Å². The van der Waals surface area contributed by atoms with E-state index in [1.165, 1.54) is 6.20 Å². The van der Waals surface area contributed by atoms with Crippen molar-refractivity contribution in [2.75, 3.05) is 6.54 Å². The Morgan fingerprint density at radius 1 is 1.53 bits per heavy atom. The van der Waals surface area contributed by atoms with Crippen molar-refractivity contribution < 1.29 is 14.7 Å². The Balaban J connectivity index is 1.96. The molecule has 1 aliphatic rings. The lowest BCUT2D eigenvalue weighted by molar-refractivity contribution is -0.141. The van der Waals surface area contributed by atoms with E-state index in [0.717, 1.165) is 25.0 Å². The zero-order valence-corrected chi connectivity index (χ0v) is 11.3. The van der Waals surface area contributed by atoms with Crippen LogP contribution in [0.2, 0.25) is 0 Å². The molecule has 0 radical (unpaired) electrons. The maximum Gasteiger partial charge on any atom is 0.303 e. The first-order valence-corrected chi connectivity index (χ1v) is 6.42. The molecule has 0 aliphatic heterocycles. The lowest BCUT2D eigenvalue weighted by Gasteiger charge is -2.40. The van der Waals surface area contributed by atoms with E-state index in [1.54, 1.807) is 11.7 Å². The Labute approximate surface area is 111 Å². The molecule has 0 unspecified atom stereocenters. The number of rotatable bonds is 5. The van der Waals surface area contributed by atoms with Gasteiger partial charge in [0.25, 0.3) is 5.91 Å². The Bertz CT molecular complexity index is 503. The molecule has 1 amide bonds. The summed E-state index contributed by atoms with van der Waals surface area (Å²) in [6.07, 6.45) is 4.43. The maximum atomic E-state index is 12.0. The van der Waals surface area contributed by atoms with E-state index in [-0.39, 0.29) is 17.7 Å². The van der Waals surface area contributed by atoms with Gasteiger partial charge >= 0.3 is 5.97 Å². The van der Waals surface area contributed by atoms with Crippen molar-refractivity contribution in [2.24, 2.45) is 12.5 Å². The Morgan fingerprint density at radius 2 is 2.21 bits per heavy atom. The predicted molar refractivity (Wildman–Crippen MR) is 68.8 cm³/mol. The molecule has 0 bridgehead atoms. The Morgan fingerprint density at radius 3 is 2.63 bits per heavy atom. The minimum atomic E-state index is -0.800.